The molecule has 0 bridgehead atoms. The Labute approximate surface area is 183 Å². The summed E-state index contributed by atoms with van der Waals surface area (Å²) in [6.07, 6.45) is 6.87. The molecule has 1 heterocycles. The van der Waals surface area contributed by atoms with Crippen LogP contribution in [0, 0.1) is 11.8 Å². The van der Waals surface area contributed by atoms with Crippen molar-refractivity contribution >= 4 is 17.5 Å². The van der Waals surface area contributed by atoms with E-state index in [1.165, 1.54) is 32.1 Å². The van der Waals surface area contributed by atoms with Crippen LogP contribution in [0.2, 0.25) is 0 Å². The molecule has 1 atom stereocenters. The quantitative estimate of drug-likeness (QED) is 0.732. The lowest BCUT2D eigenvalue weighted by molar-refractivity contribution is -0.126. The summed E-state index contributed by atoms with van der Waals surface area (Å²) in [5, 5.41) is 6.05. The van der Waals surface area contributed by atoms with Gasteiger partial charge in [-0.15, -0.1) is 0 Å². The topological polar surface area (TPSA) is 76.7 Å². The summed E-state index contributed by atoms with van der Waals surface area (Å²) in [5.41, 5.74) is 2.07. The van der Waals surface area contributed by atoms with Crippen LogP contribution in [0.3, 0.4) is 0 Å². The number of fused-ring (bicyclic) bond motifs is 1. The Morgan fingerprint density at radius 3 is 2.71 bits per heavy atom. The molecule has 0 aromatic heterocycles. The molecule has 1 aliphatic heterocycles. The molecule has 4 rings (SSSR count). The van der Waals surface area contributed by atoms with Crippen LogP contribution in [-0.2, 0) is 11.2 Å². The van der Waals surface area contributed by atoms with Crippen LogP contribution < -0.4 is 20.1 Å². The fourth-order valence-electron chi connectivity index (χ4n) is 4.45. The van der Waals surface area contributed by atoms with Crippen molar-refractivity contribution in [2.24, 2.45) is 11.8 Å². The zero-order valence-corrected chi connectivity index (χ0v) is 18.0. The number of carbonyl (C=O) groups excluding carboxylic acids is 2. The highest BCUT2D eigenvalue weighted by Gasteiger charge is 2.27. The first kappa shape index (κ1) is 21.2. The maximum atomic E-state index is 12.7. The summed E-state index contributed by atoms with van der Waals surface area (Å²) in [4.78, 5) is 25.4. The minimum absolute atomic E-state index is 0.0553. The second-order valence-corrected chi connectivity index (χ2v) is 8.44. The molecule has 1 saturated carbocycles. The van der Waals surface area contributed by atoms with Crippen molar-refractivity contribution in [1.29, 1.82) is 0 Å². The van der Waals surface area contributed by atoms with Crippen LogP contribution in [0.5, 0.6) is 11.5 Å². The fourth-order valence-corrected chi connectivity index (χ4v) is 4.45. The minimum Gasteiger partial charge on any atom is -0.496 e. The van der Waals surface area contributed by atoms with Crippen molar-refractivity contribution < 1.29 is 19.1 Å². The zero-order valence-electron chi connectivity index (χ0n) is 18.0. The number of hydrogen-bond acceptors (Lipinski definition) is 4. The molecule has 0 radical (unpaired) electrons. The summed E-state index contributed by atoms with van der Waals surface area (Å²) >= 11 is 0. The van der Waals surface area contributed by atoms with E-state index in [1.807, 2.05) is 24.3 Å². The number of ether oxygens (including phenoxy) is 2. The van der Waals surface area contributed by atoms with Crippen molar-refractivity contribution in [2.45, 2.75) is 38.5 Å². The van der Waals surface area contributed by atoms with Gasteiger partial charge in [0.1, 0.15) is 18.1 Å². The predicted molar refractivity (Wildman–Crippen MR) is 120 cm³/mol. The highest BCUT2D eigenvalue weighted by atomic mass is 16.5. The lowest BCUT2D eigenvalue weighted by Gasteiger charge is -2.27. The monoisotopic (exact) mass is 422 g/mol. The molecule has 2 N–H and O–H groups in total. The molecule has 1 fully saturated rings. The molecule has 2 aromatic rings. The van der Waals surface area contributed by atoms with Crippen LogP contribution in [0.4, 0.5) is 5.69 Å². The highest BCUT2D eigenvalue weighted by Crippen LogP contribution is 2.31. The van der Waals surface area contributed by atoms with E-state index in [0.29, 0.717) is 35.9 Å². The van der Waals surface area contributed by atoms with Gasteiger partial charge >= 0.3 is 0 Å². The van der Waals surface area contributed by atoms with Gasteiger partial charge in [0.15, 0.2) is 0 Å². The van der Waals surface area contributed by atoms with E-state index >= 15 is 0 Å². The molecule has 2 aromatic carbocycles. The van der Waals surface area contributed by atoms with Crippen molar-refractivity contribution in [2.75, 3.05) is 25.6 Å². The number of rotatable bonds is 6. The predicted octanol–water partition coefficient (Wildman–Crippen LogP) is 4.20. The first-order chi connectivity index (χ1) is 15.1. The maximum absolute atomic E-state index is 12.7. The van der Waals surface area contributed by atoms with Crippen LogP contribution >= 0.6 is 0 Å². The molecule has 164 valence electrons. The van der Waals surface area contributed by atoms with Gasteiger partial charge in [0.05, 0.1) is 18.6 Å². The Morgan fingerprint density at radius 1 is 1.10 bits per heavy atom. The van der Waals surface area contributed by atoms with E-state index in [4.69, 9.17) is 9.47 Å². The van der Waals surface area contributed by atoms with Crippen molar-refractivity contribution in [3.8, 4) is 11.5 Å². The lowest BCUT2D eigenvalue weighted by Crippen LogP contribution is -2.39. The smallest absolute Gasteiger partial charge is 0.259 e. The average molecular weight is 423 g/mol. The van der Waals surface area contributed by atoms with Crippen molar-refractivity contribution in [3.05, 3.63) is 53.6 Å². The Morgan fingerprint density at radius 2 is 1.90 bits per heavy atom. The van der Waals surface area contributed by atoms with E-state index < -0.39 is 0 Å². The molecule has 0 spiro atoms. The number of amides is 2. The van der Waals surface area contributed by atoms with Gasteiger partial charge in [0.2, 0.25) is 5.91 Å². The number of benzene rings is 2. The van der Waals surface area contributed by atoms with Crippen molar-refractivity contribution in [1.82, 2.24) is 5.32 Å². The highest BCUT2D eigenvalue weighted by molar-refractivity contribution is 6.06. The van der Waals surface area contributed by atoms with Gasteiger partial charge in [-0.05, 0) is 61.1 Å². The van der Waals surface area contributed by atoms with Gasteiger partial charge in [-0.3, -0.25) is 9.59 Å². The maximum Gasteiger partial charge on any atom is 0.259 e. The number of carbonyl (C=O) groups is 2. The van der Waals surface area contributed by atoms with Gasteiger partial charge in [-0.2, -0.15) is 0 Å². The number of hydrogen-bond donors (Lipinski definition) is 2. The van der Waals surface area contributed by atoms with Crippen molar-refractivity contribution in [3.63, 3.8) is 0 Å². The molecule has 1 aliphatic carbocycles. The summed E-state index contributed by atoms with van der Waals surface area (Å²) in [7, 11) is 1.54. The van der Waals surface area contributed by atoms with Crippen LogP contribution in [-0.4, -0.2) is 32.1 Å². The summed E-state index contributed by atoms with van der Waals surface area (Å²) in [6, 6.07) is 12.7. The Bertz CT molecular complexity index is 937. The van der Waals surface area contributed by atoms with Gasteiger partial charge in [-0.25, -0.2) is 0 Å². The lowest BCUT2D eigenvalue weighted by atomic mass is 9.89. The van der Waals surface area contributed by atoms with Crippen LogP contribution in [0.15, 0.2) is 42.5 Å². The number of methoxy groups -OCH3 is 1. The van der Waals surface area contributed by atoms with E-state index in [-0.39, 0.29) is 17.7 Å². The molecular weight excluding hydrogens is 392 g/mol. The molecule has 0 unspecified atom stereocenters. The first-order valence-corrected chi connectivity index (χ1v) is 11.1. The second kappa shape index (κ2) is 9.86. The SMILES string of the molecule is COc1ccccc1C(=O)Nc1ccc2c(c1)C[C@@H](C(=O)NCC1CCCCC1)CO2. The molecule has 0 saturated heterocycles. The van der Waals surface area contributed by atoms with Gasteiger partial charge in [-0.1, -0.05) is 31.4 Å². The van der Waals surface area contributed by atoms with Crippen LogP contribution in [0.25, 0.3) is 0 Å². The van der Waals surface area contributed by atoms with Gasteiger partial charge in [0, 0.05) is 12.2 Å². The third-order valence-corrected chi connectivity index (χ3v) is 6.24. The number of nitrogens with one attached hydrogen (secondary N) is 2. The van der Waals surface area contributed by atoms with E-state index in [2.05, 4.69) is 10.6 Å². The van der Waals surface area contributed by atoms with E-state index in [0.717, 1.165) is 17.9 Å². The molecular formula is C25H30N2O4. The molecule has 6 heteroatoms. The van der Waals surface area contributed by atoms with Gasteiger partial charge < -0.3 is 20.1 Å². The molecule has 2 aliphatic rings. The summed E-state index contributed by atoms with van der Waals surface area (Å²) in [5.74, 6) is 1.50. The number of anilines is 1. The summed E-state index contributed by atoms with van der Waals surface area (Å²) < 4.78 is 11.1. The fraction of sp³-hybridized carbons (Fsp3) is 0.440. The molecule has 31 heavy (non-hydrogen) atoms. The Balaban J connectivity index is 1.38. The second-order valence-electron chi connectivity index (χ2n) is 8.44. The van der Waals surface area contributed by atoms with E-state index in [9.17, 15) is 9.59 Å². The summed E-state index contributed by atoms with van der Waals surface area (Å²) in [6.45, 7) is 1.15. The third kappa shape index (κ3) is 5.19. The van der Waals surface area contributed by atoms with Crippen LogP contribution in [0.1, 0.15) is 48.0 Å². The van der Waals surface area contributed by atoms with Gasteiger partial charge in [0.25, 0.3) is 5.91 Å². The normalized spacial score (nSPS) is 18.4. The molecule has 6 nitrogen and oxygen atoms in total. The molecule has 2 amide bonds. The number of para-hydroxylation sites is 1. The first-order valence-electron chi connectivity index (χ1n) is 11.1. The largest absolute Gasteiger partial charge is 0.496 e. The minimum atomic E-state index is -0.240. The third-order valence-electron chi connectivity index (χ3n) is 6.24. The Hall–Kier alpha value is -3.02. The average Bonchev–Trinajstić information content (AvgIpc) is 2.82. The van der Waals surface area contributed by atoms with E-state index in [1.54, 1.807) is 25.3 Å². The zero-order chi connectivity index (χ0) is 21.6. The standard InChI is InChI=1S/C25H30N2O4/c1-30-23-10-6-5-9-21(23)25(29)27-20-11-12-22-18(14-20)13-19(16-31-22)24(28)26-15-17-7-3-2-4-8-17/h5-6,9-12,14,17,19H,2-4,7-8,13,15-16H2,1H3,(H,26,28)(H,27,29)/t19-/m1/s1. The Kier molecular flexibility index (Phi) is 6.75.